The van der Waals surface area contributed by atoms with E-state index in [1.54, 1.807) is 11.1 Å². The van der Waals surface area contributed by atoms with Gasteiger partial charge in [0.15, 0.2) is 0 Å². The molecule has 4 aromatic rings. The van der Waals surface area contributed by atoms with Gasteiger partial charge in [-0.05, 0) is 60.7 Å². The van der Waals surface area contributed by atoms with E-state index in [1.165, 1.54) is 23.8 Å². The average molecular weight is 476 g/mol. The number of hydrogen-bond donors (Lipinski definition) is 3. The summed E-state index contributed by atoms with van der Waals surface area (Å²) in [4.78, 5) is 34.6. The third-order valence-corrected chi connectivity index (χ3v) is 6.32. The third kappa shape index (κ3) is 4.57. The van der Waals surface area contributed by atoms with Gasteiger partial charge in [0, 0.05) is 54.3 Å². The van der Waals surface area contributed by atoms with E-state index in [2.05, 4.69) is 15.3 Å². The Morgan fingerprint density at radius 3 is 2.51 bits per heavy atom. The lowest BCUT2D eigenvalue weighted by Gasteiger charge is -2.32. The average Bonchev–Trinajstić information content (AvgIpc) is 3.27. The van der Waals surface area contributed by atoms with Gasteiger partial charge in [0.25, 0.3) is 11.8 Å². The lowest BCUT2D eigenvalue weighted by Crippen LogP contribution is -2.37. The highest BCUT2D eigenvalue weighted by molar-refractivity contribution is 6.05. The summed E-state index contributed by atoms with van der Waals surface area (Å²) >= 11 is 0. The number of rotatable bonds is 4. The van der Waals surface area contributed by atoms with Crippen molar-refractivity contribution in [3.8, 4) is 5.75 Å². The second kappa shape index (κ2) is 9.17. The molecule has 178 valence electrons. The molecule has 0 bridgehead atoms. The number of pyridine rings is 1. The van der Waals surface area contributed by atoms with E-state index in [0.29, 0.717) is 25.1 Å². The first-order valence-electron chi connectivity index (χ1n) is 11.2. The second-order valence-electron chi connectivity index (χ2n) is 8.55. The minimum absolute atomic E-state index is 0.120. The number of aromatic amines is 1. The molecule has 5 rings (SSSR count). The molecule has 3 N–H and O–H groups in total. The van der Waals surface area contributed by atoms with Gasteiger partial charge in [0.1, 0.15) is 23.0 Å². The van der Waals surface area contributed by atoms with Crippen molar-refractivity contribution in [1.82, 2.24) is 14.9 Å². The molecule has 1 fully saturated rings. The fourth-order valence-corrected chi connectivity index (χ4v) is 4.56. The summed E-state index contributed by atoms with van der Waals surface area (Å²) < 4.78 is 26.8. The maximum Gasteiger partial charge on any atom is 0.257 e. The molecular formula is C26H22F2N4O3. The Bertz CT molecular complexity index is 1410. The highest BCUT2D eigenvalue weighted by Crippen LogP contribution is 2.33. The molecule has 2 aromatic carbocycles. The Kier molecular flexibility index (Phi) is 5.90. The van der Waals surface area contributed by atoms with Gasteiger partial charge < -0.3 is 20.3 Å². The lowest BCUT2D eigenvalue weighted by atomic mass is 9.89. The Morgan fingerprint density at radius 2 is 1.80 bits per heavy atom. The van der Waals surface area contributed by atoms with Crippen LogP contribution in [-0.4, -0.2) is 44.9 Å². The minimum atomic E-state index is -0.871. The number of aromatic nitrogens is 2. The number of phenolic OH excluding ortho intramolecular Hbond substituents is 1. The molecule has 0 saturated carbocycles. The number of nitrogens with one attached hydrogen (secondary N) is 2. The number of carbonyl (C=O) groups is 2. The molecule has 0 spiro atoms. The number of aromatic hydroxyl groups is 1. The van der Waals surface area contributed by atoms with Gasteiger partial charge >= 0.3 is 0 Å². The molecule has 0 radical (unpaired) electrons. The van der Waals surface area contributed by atoms with E-state index in [9.17, 15) is 23.5 Å². The number of hydrogen-bond acceptors (Lipinski definition) is 4. The molecule has 3 heterocycles. The van der Waals surface area contributed by atoms with Crippen molar-refractivity contribution in [2.75, 3.05) is 18.4 Å². The molecule has 2 aromatic heterocycles. The van der Waals surface area contributed by atoms with E-state index in [4.69, 9.17) is 0 Å². The van der Waals surface area contributed by atoms with Gasteiger partial charge in [0.05, 0.1) is 5.56 Å². The van der Waals surface area contributed by atoms with Crippen LogP contribution >= 0.6 is 0 Å². The quantitative estimate of drug-likeness (QED) is 0.393. The number of fused-ring (bicyclic) bond motifs is 1. The van der Waals surface area contributed by atoms with Crippen molar-refractivity contribution in [3.05, 3.63) is 89.2 Å². The topological polar surface area (TPSA) is 98.3 Å². The van der Waals surface area contributed by atoms with Crippen LogP contribution < -0.4 is 5.32 Å². The number of halogens is 2. The molecule has 7 nitrogen and oxygen atoms in total. The molecule has 35 heavy (non-hydrogen) atoms. The standard InChI is InChI=1S/C26H22F2N4O3/c27-17-10-16(11-18(28)12-17)25(34)31-19-3-4-21(23(33)13-19)26(35)32-8-5-15(6-9-32)22-14-30-24-20(22)2-1-7-29-24/h1-4,7,10-15,33H,5-6,8-9H2,(H,29,30)(H,31,34). The number of piperidine rings is 1. The summed E-state index contributed by atoms with van der Waals surface area (Å²) in [5, 5.41) is 14.0. The number of carbonyl (C=O) groups excluding carboxylic acids is 2. The Labute approximate surface area is 199 Å². The number of likely N-dealkylation sites (tertiary alicyclic amines) is 1. The first-order chi connectivity index (χ1) is 16.9. The summed E-state index contributed by atoms with van der Waals surface area (Å²) in [7, 11) is 0. The molecule has 0 atom stereocenters. The van der Waals surface area contributed by atoms with Gasteiger partial charge in [-0.2, -0.15) is 0 Å². The van der Waals surface area contributed by atoms with Gasteiger partial charge in [-0.3, -0.25) is 9.59 Å². The molecule has 9 heteroatoms. The minimum Gasteiger partial charge on any atom is -0.507 e. The van der Waals surface area contributed by atoms with Crippen LogP contribution in [0, 0.1) is 11.6 Å². The Morgan fingerprint density at radius 1 is 1.06 bits per heavy atom. The van der Waals surface area contributed by atoms with Crippen molar-refractivity contribution in [1.29, 1.82) is 0 Å². The lowest BCUT2D eigenvalue weighted by molar-refractivity contribution is 0.0710. The zero-order valence-corrected chi connectivity index (χ0v) is 18.6. The number of nitrogens with zero attached hydrogens (tertiary/aromatic N) is 2. The van der Waals surface area contributed by atoms with E-state index in [1.807, 2.05) is 18.3 Å². The van der Waals surface area contributed by atoms with Crippen LogP contribution in [0.2, 0.25) is 0 Å². The number of phenols is 1. The van der Waals surface area contributed by atoms with Crippen molar-refractivity contribution < 1.29 is 23.5 Å². The van der Waals surface area contributed by atoms with Crippen LogP contribution in [-0.2, 0) is 0 Å². The smallest absolute Gasteiger partial charge is 0.257 e. The van der Waals surface area contributed by atoms with Gasteiger partial charge in [-0.1, -0.05) is 0 Å². The van der Waals surface area contributed by atoms with Crippen molar-refractivity contribution in [2.45, 2.75) is 18.8 Å². The van der Waals surface area contributed by atoms with Crippen molar-refractivity contribution >= 4 is 28.5 Å². The van der Waals surface area contributed by atoms with E-state index in [-0.39, 0.29) is 28.5 Å². The van der Waals surface area contributed by atoms with Gasteiger partial charge in [0.2, 0.25) is 0 Å². The molecule has 0 aliphatic carbocycles. The van der Waals surface area contributed by atoms with Crippen LogP contribution in [0.1, 0.15) is 45.0 Å². The largest absolute Gasteiger partial charge is 0.507 e. The van der Waals surface area contributed by atoms with Crippen LogP contribution in [0.5, 0.6) is 5.75 Å². The molecule has 2 amide bonds. The number of anilines is 1. The van der Waals surface area contributed by atoms with Gasteiger partial charge in [-0.15, -0.1) is 0 Å². The first kappa shape index (κ1) is 22.5. The van der Waals surface area contributed by atoms with Crippen molar-refractivity contribution in [3.63, 3.8) is 0 Å². The molecule has 1 aliphatic rings. The highest BCUT2D eigenvalue weighted by Gasteiger charge is 2.27. The van der Waals surface area contributed by atoms with Crippen LogP contribution in [0.25, 0.3) is 11.0 Å². The highest BCUT2D eigenvalue weighted by atomic mass is 19.1. The first-order valence-corrected chi connectivity index (χ1v) is 11.2. The predicted octanol–water partition coefficient (Wildman–Crippen LogP) is 4.82. The second-order valence-corrected chi connectivity index (χ2v) is 8.55. The summed E-state index contributed by atoms with van der Waals surface area (Å²) in [6.07, 6.45) is 5.30. The fraction of sp³-hybridized carbons (Fsp3) is 0.192. The summed E-state index contributed by atoms with van der Waals surface area (Å²) in [5.41, 5.74) is 2.16. The number of benzene rings is 2. The Hall–Kier alpha value is -4.27. The summed E-state index contributed by atoms with van der Waals surface area (Å²) in [6, 6.07) is 10.6. The molecular weight excluding hydrogens is 454 g/mol. The predicted molar refractivity (Wildman–Crippen MR) is 126 cm³/mol. The summed E-state index contributed by atoms with van der Waals surface area (Å²) in [5.74, 6) is -2.77. The third-order valence-electron chi connectivity index (χ3n) is 6.32. The maximum absolute atomic E-state index is 13.4. The monoisotopic (exact) mass is 476 g/mol. The van der Waals surface area contributed by atoms with E-state index in [0.717, 1.165) is 36.0 Å². The zero-order chi connectivity index (χ0) is 24.5. The van der Waals surface area contributed by atoms with Crippen molar-refractivity contribution in [2.24, 2.45) is 0 Å². The van der Waals surface area contributed by atoms with Crippen LogP contribution in [0.3, 0.4) is 0 Å². The van der Waals surface area contributed by atoms with E-state index >= 15 is 0 Å². The van der Waals surface area contributed by atoms with Gasteiger partial charge in [-0.25, -0.2) is 13.8 Å². The van der Waals surface area contributed by atoms with Crippen LogP contribution in [0.15, 0.2) is 60.9 Å². The summed E-state index contributed by atoms with van der Waals surface area (Å²) in [6.45, 7) is 1.08. The number of H-pyrrole nitrogens is 1. The van der Waals surface area contributed by atoms with Crippen LogP contribution in [0.4, 0.5) is 14.5 Å². The molecule has 0 unspecified atom stereocenters. The fourth-order valence-electron chi connectivity index (χ4n) is 4.56. The number of amides is 2. The maximum atomic E-state index is 13.4. The van der Waals surface area contributed by atoms with E-state index < -0.39 is 17.5 Å². The molecule has 1 saturated heterocycles. The Balaban J connectivity index is 1.24. The SMILES string of the molecule is O=C(Nc1ccc(C(=O)N2CCC(c3c[nH]c4ncccc34)CC2)c(O)c1)c1cc(F)cc(F)c1. The zero-order valence-electron chi connectivity index (χ0n) is 18.6. The normalized spacial score (nSPS) is 14.3. The molecule has 1 aliphatic heterocycles.